The van der Waals surface area contributed by atoms with Crippen LogP contribution >= 0.6 is 11.8 Å². The molecule has 6 nitrogen and oxygen atoms in total. The van der Waals surface area contributed by atoms with Gasteiger partial charge in [0.15, 0.2) is 5.82 Å². The molecule has 0 aliphatic carbocycles. The topological polar surface area (TPSA) is 56.0 Å². The summed E-state index contributed by atoms with van der Waals surface area (Å²) in [7, 11) is 1.79. The first-order valence-corrected chi connectivity index (χ1v) is 10.3. The van der Waals surface area contributed by atoms with Gasteiger partial charge in [-0.2, -0.15) is 0 Å². The Morgan fingerprint density at radius 3 is 2.28 bits per heavy atom. The van der Waals surface area contributed by atoms with Crippen LogP contribution in [0.3, 0.4) is 0 Å². The maximum absolute atomic E-state index is 12.7. The Morgan fingerprint density at radius 1 is 0.931 bits per heavy atom. The predicted octanol–water partition coefficient (Wildman–Crippen LogP) is 3.74. The molecule has 0 radical (unpaired) electrons. The van der Waals surface area contributed by atoms with E-state index in [9.17, 15) is 4.79 Å². The molecule has 4 aromatic rings. The molecule has 7 heteroatoms. The molecule has 0 bridgehead atoms. The molecule has 2 aromatic carbocycles. The van der Waals surface area contributed by atoms with Crippen LogP contribution in [-0.2, 0) is 11.2 Å². The number of hydrogen-bond donors (Lipinski definition) is 0. The summed E-state index contributed by atoms with van der Waals surface area (Å²) in [6, 6.07) is 23.7. The predicted molar refractivity (Wildman–Crippen MR) is 115 cm³/mol. The van der Waals surface area contributed by atoms with Gasteiger partial charge >= 0.3 is 0 Å². The summed E-state index contributed by atoms with van der Waals surface area (Å²) < 4.78 is 3.89. The van der Waals surface area contributed by atoms with E-state index >= 15 is 0 Å². The Morgan fingerprint density at radius 2 is 1.59 bits per heavy atom. The van der Waals surface area contributed by atoms with E-state index in [1.54, 1.807) is 11.9 Å². The zero-order valence-corrected chi connectivity index (χ0v) is 16.9. The molecular weight excluding hydrogens is 382 g/mol. The number of aromatic nitrogens is 4. The SMILES string of the molecule is CN(C(=O)CSc1nnc(Cc2ccccc2)n1-n1cccc1)c1ccccc1. The fraction of sp³-hybridized carbons (Fsp3) is 0.136. The minimum Gasteiger partial charge on any atom is -0.315 e. The first-order chi connectivity index (χ1) is 14.2. The first kappa shape index (κ1) is 19.0. The van der Waals surface area contributed by atoms with Gasteiger partial charge in [-0.05, 0) is 29.8 Å². The molecule has 2 aromatic heterocycles. The molecule has 0 aliphatic rings. The van der Waals surface area contributed by atoms with Crippen molar-refractivity contribution < 1.29 is 4.79 Å². The van der Waals surface area contributed by atoms with Gasteiger partial charge in [0, 0.05) is 31.5 Å². The van der Waals surface area contributed by atoms with Crippen molar-refractivity contribution in [3.8, 4) is 0 Å². The van der Waals surface area contributed by atoms with Crippen LogP contribution in [0.4, 0.5) is 5.69 Å². The third-order valence-electron chi connectivity index (χ3n) is 4.54. The fourth-order valence-corrected chi connectivity index (χ4v) is 3.85. The normalized spacial score (nSPS) is 10.8. The zero-order valence-electron chi connectivity index (χ0n) is 16.0. The highest BCUT2D eigenvalue weighted by Crippen LogP contribution is 2.21. The second-order valence-corrected chi connectivity index (χ2v) is 7.46. The molecular formula is C22H21N5OS. The second-order valence-electron chi connectivity index (χ2n) is 6.51. The van der Waals surface area contributed by atoms with Crippen molar-refractivity contribution in [3.63, 3.8) is 0 Å². The van der Waals surface area contributed by atoms with Crippen LogP contribution in [0.5, 0.6) is 0 Å². The Kier molecular flexibility index (Phi) is 5.76. The van der Waals surface area contributed by atoms with Crippen LogP contribution in [0.15, 0.2) is 90.3 Å². The van der Waals surface area contributed by atoms with E-state index in [0.29, 0.717) is 11.6 Å². The number of anilines is 1. The highest BCUT2D eigenvalue weighted by molar-refractivity contribution is 7.99. The van der Waals surface area contributed by atoms with Crippen LogP contribution in [0.25, 0.3) is 0 Å². The van der Waals surface area contributed by atoms with E-state index < -0.39 is 0 Å². The van der Waals surface area contributed by atoms with Crippen LogP contribution < -0.4 is 4.90 Å². The van der Waals surface area contributed by atoms with Gasteiger partial charge in [-0.1, -0.05) is 60.3 Å². The Balaban J connectivity index is 1.53. The quantitative estimate of drug-likeness (QED) is 0.441. The summed E-state index contributed by atoms with van der Waals surface area (Å²) in [4.78, 5) is 14.3. The lowest BCUT2D eigenvalue weighted by atomic mass is 10.1. The lowest BCUT2D eigenvalue weighted by Gasteiger charge is -2.17. The van der Waals surface area contributed by atoms with E-state index in [2.05, 4.69) is 22.3 Å². The summed E-state index contributed by atoms with van der Waals surface area (Å²) in [5, 5.41) is 9.43. The fourth-order valence-electron chi connectivity index (χ4n) is 2.98. The Labute approximate surface area is 173 Å². The monoisotopic (exact) mass is 403 g/mol. The van der Waals surface area contributed by atoms with E-state index in [1.807, 2.05) is 82.4 Å². The molecule has 0 spiro atoms. The van der Waals surface area contributed by atoms with Crippen molar-refractivity contribution in [3.05, 3.63) is 96.6 Å². The maximum Gasteiger partial charge on any atom is 0.237 e. The molecule has 0 aliphatic heterocycles. The molecule has 0 unspecified atom stereocenters. The van der Waals surface area contributed by atoms with Gasteiger partial charge in [-0.25, -0.2) is 4.68 Å². The zero-order chi connectivity index (χ0) is 20.1. The van der Waals surface area contributed by atoms with Gasteiger partial charge in [-0.3, -0.25) is 9.47 Å². The second kappa shape index (κ2) is 8.79. The Hall–Kier alpha value is -3.32. The van der Waals surface area contributed by atoms with Crippen molar-refractivity contribution in [1.29, 1.82) is 0 Å². The molecule has 146 valence electrons. The molecule has 0 N–H and O–H groups in total. The highest BCUT2D eigenvalue weighted by Gasteiger charge is 2.18. The van der Waals surface area contributed by atoms with Crippen LogP contribution in [0.2, 0.25) is 0 Å². The average molecular weight is 404 g/mol. The summed E-state index contributed by atoms with van der Waals surface area (Å²) in [6.45, 7) is 0. The molecule has 0 saturated heterocycles. The molecule has 0 atom stereocenters. The molecule has 2 heterocycles. The first-order valence-electron chi connectivity index (χ1n) is 9.28. The van der Waals surface area contributed by atoms with E-state index in [-0.39, 0.29) is 11.7 Å². The summed E-state index contributed by atoms with van der Waals surface area (Å²) >= 11 is 1.39. The lowest BCUT2D eigenvalue weighted by molar-refractivity contribution is -0.115. The van der Waals surface area contributed by atoms with Crippen molar-refractivity contribution in [2.24, 2.45) is 0 Å². The lowest BCUT2D eigenvalue weighted by Crippen LogP contribution is -2.28. The average Bonchev–Trinajstić information content (AvgIpc) is 3.42. The highest BCUT2D eigenvalue weighted by atomic mass is 32.2. The van der Waals surface area contributed by atoms with Gasteiger partial charge in [0.25, 0.3) is 0 Å². The number of hydrogen-bond acceptors (Lipinski definition) is 4. The number of thioether (sulfide) groups is 1. The van der Waals surface area contributed by atoms with Crippen molar-refractivity contribution in [2.75, 3.05) is 17.7 Å². The largest absolute Gasteiger partial charge is 0.315 e. The molecule has 4 rings (SSSR count). The van der Waals surface area contributed by atoms with Crippen molar-refractivity contribution in [2.45, 2.75) is 11.6 Å². The number of carbonyl (C=O) groups excluding carboxylic acids is 1. The van der Waals surface area contributed by atoms with Gasteiger partial charge in [0.05, 0.1) is 5.75 Å². The summed E-state index contributed by atoms with van der Waals surface area (Å²) in [6.07, 6.45) is 4.55. The number of amides is 1. The standard InChI is InChI=1S/C22H21N5OS/c1-25(19-12-6-3-7-13-19)21(28)17-29-22-24-23-20(16-18-10-4-2-5-11-18)27(22)26-14-8-9-15-26/h2-15H,16-17H2,1H3. The van der Waals surface area contributed by atoms with Gasteiger partial charge in [0.2, 0.25) is 11.1 Å². The van der Waals surface area contributed by atoms with Crippen molar-refractivity contribution >= 4 is 23.4 Å². The van der Waals surface area contributed by atoms with Crippen LogP contribution in [-0.4, -0.2) is 38.3 Å². The molecule has 0 saturated carbocycles. The van der Waals surface area contributed by atoms with Crippen molar-refractivity contribution in [1.82, 2.24) is 19.5 Å². The number of benzene rings is 2. The smallest absolute Gasteiger partial charge is 0.237 e. The van der Waals surface area contributed by atoms with Crippen LogP contribution in [0.1, 0.15) is 11.4 Å². The summed E-state index contributed by atoms with van der Waals surface area (Å²) in [5.41, 5.74) is 2.03. The third kappa shape index (κ3) is 4.41. The van der Waals surface area contributed by atoms with Gasteiger partial charge in [0.1, 0.15) is 0 Å². The minimum atomic E-state index is 0.00728. The number of nitrogens with zero attached hydrogens (tertiary/aromatic N) is 5. The third-order valence-corrected chi connectivity index (χ3v) is 5.45. The molecule has 1 amide bonds. The molecule has 29 heavy (non-hydrogen) atoms. The van der Waals surface area contributed by atoms with Gasteiger partial charge in [-0.15, -0.1) is 10.2 Å². The summed E-state index contributed by atoms with van der Waals surface area (Å²) in [5.74, 6) is 1.10. The number of para-hydroxylation sites is 1. The number of rotatable bonds is 7. The number of carbonyl (C=O) groups is 1. The minimum absolute atomic E-state index is 0.00728. The van der Waals surface area contributed by atoms with E-state index in [4.69, 9.17) is 0 Å². The van der Waals surface area contributed by atoms with E-state index in [1.165, 1.54) is 11.8 Å². The van der Waals surface area contributed by atoms with Gasteiger partial charge < -0.3 is 4.90 Å². The molecule has 0 fully saturated rings. The van der Waals surface area contributed by atoms with E-state index in [0.717, 1.165) is 17.1 Å². The maximum atomic E-state index is 12.7. The van der Waals surface area contributed by atoms with Crippen LogP contribution in [0, 0.1) is 0 Å². The Bertz CT molecular complexity index is 1060.